The van der Waals surface area contributed by atoms with Gasteiger partial charge in [-0.2, -0.15) is 0 Å². The van der Waals surface area contributed by atoms with Crippen LogP contribution < -0.4 is 5.32 Å². The minimum absolute atomic E-state index is 0.325. The number of aryl methyl sites for hydroxylation is 2. The molecule has 0 bridgehead atoms. The maximum atomic E-state index is 12.4. The van der Waals surface area contributed by atoms with Gasteiger partial charge in [-0.05, 0) is 37.5 Å². The van der Waals surface area contributed by atoms with Crippen LogP contribution in [0.25, 0.3) is 0 Å². The van der Waals surface area contributed by atoms with Gasteiger partial charge in [0.2, 0.25) is 9.84 Å². The largest absolute Gasteiger partial charge is 0.391 e. The van der Waals surface area contributed by atoms with Crippen LogP contribution in [0.15, 0.2) is 70.6 Å². The van der Waals surface area contributed by atoms with Gasteiger partial charge in [-0.25, -0.2) is 8.42 Å². The monoisotopic (exact) mass is 315 g/mol. The van der Waals surface area contributed by atoms with Crippen LogP contribution in [0.3, 0.4) is 0 Å². The summed E-state index contributed by atoms with van der Waals surface area (Å²) in [6, 6.07) is 16.9. The van der Waals surface area contributed by atoms with E-state index in [1.165, 1.54) is 11.0 Å². The normalized spacial score (nSPS) is 12.2. The first-order valence-corrected chi connectivity index (χ1v) is 8.80. The van der Waals surface area contributed by atoms with E-state index in [0.717, 1.165) is 12.0 Å². The Morgan fingerprint density at radius 2 is 1.68 bits per heavy atom. The lowest BCUT2D eigenvalue weighted by atomic mass is 10.1. The maximum Gasteiger partial charge on any atom is 0.201 e. The molecule has 0 fully saturated rings. The third-order valence-corrected chi connectivity index (χ3v) is 5.02. The molecular weight excluding hydrogens is 294 g/mol. The quantitative estimate of drug-likeness (QED) is 0.888. The SMILES string of the molecule is CN/C(=C\S(=O)(=O)c1ccc(C)cc1)CCc1ccccc1. The molecular formula is C18H21NO2S. The predicted octanol–water partition coefficient (Wildman–Crippen LogP) is 3.46. The Bertz CT molecular complexity index is 732. The molecule has 0 spiro atoms. The molecule has 3 nitrogen and oxygen atoms in total. The summed E-state index contributed by atoms with van der Waals surface area (Å²) >= 11 is 0. The summed E-state index contributed by atoms with van der Waals surface area (Å²) in [5.74, 6) is 0. The van der Waals surface area contributed by atoms with E-state index in [0.29, 0.717) is 17.0 Å². The highest BCUT2D eigenvalue weighted by Crippen LogP contribution is 2.16. The molecule has 0 aliphatic heterocycles. The fraction of sp³-hybridized carbons (Fsp3) is 0.222. The van der Waals surface area contributed by atoms with Crippen molar-refractivity contribution in [2.24, 2.45) is 0 Å². The molecule has 0 saturated heterocycles. The van der Waals surface area contributed by atoms with E-state index in [1.807, 2.05) is 49.4 Å². The number of rotatable bonds is 6. The van der Waals surface area contributed by atoms with Gasteiger partial charge in [0.25, 0.3) is 0 Å². The molecule has 2 aromatic carbocycles. The average molecular weight is 315 g/mol. The summed E-state index contributed by atoms with van der Waals surface area (Å²) in [6.07, 6.45) is 1.46. The van der Waals surface area contributed by atoms with E-state index < -0.39 is 9.84 Å². The topological polar surface area (TPSA) is 46.2 Å². The van der Waals surface area contributed by atoms with Crippen LogP contribution in [-0.4, -0.2) is 15.5 Å². The molecule has 2 aromatic rings. The third kappa shape index (κ3) is 4.46. The van der Waals surface area contributed by atoms with Crippen molar-refractivity contribution < 1.29 is 8.42 Å². The van der Waals surface area contributed by atoms with Gasteiger partial charge in [0.1, 0.15) is 0 Å². The standard InChI is InChI=1S/C18H21NO2S/c1-15-8-12-18(13-9-15)22(20,21)14-17(19-2)11-10-16-6-4-3-5-7-16/h3-9,12-14,19H,10-11H2,1-2H3/b17-14-. The Balaban J connectivity index is 2.15. The Kier molecular flexibility index (Phi) is 5.39. The molecule has 0 amide bonds. The molecule has 0 saturated carbocycles. The van der Waals surface area contributed by atoms with Gasteiger partial charge >= 0.3 is 0 Å². The van der Waals surface area contributed by atoms with Gasteiger partial charge in [-0.15, -0.1) is 0 Å². The Labute approximate surface area is 132 Å². The Hall–Kier alpha value is -2.07. The minimum atomic E-state index is -3.42. The first-order valence-electron chi connectivity index (χ1n) is 7.25. The van der Waals surface area contributed by atoms with Crippen LogP contribution in [0, 0.1) is 6.92 Å². The molecule has 22 heavy (non-hydrogen) atoms. The molecule has 0 unspecified atom stereocenters. The lowest BCUT2D eigenvalue weighted by Gasteiger charge is -2.08. The summed E-state index contributed by atoms with van der Waals surface area (Å²) in [5.41, 5.74) is 2.95. The van der Waals surface area contributed by atoms with Crippen molar-refractivity contribution in [3.8, 4) is 0 Å². The summed E-state index contributed by atoms with van der Waals surface area (Å²) in [5, 5.41) is 4.33. The van der Waals surface area contributed by atoms with Crippen LogP contribution >= 0.6 is 0 Å². The number of hydrogen-bond donors (Lipinski definition) is 1. The van der Waals surface area contributed by atoms with E-state index >= 15 is 0 Å². The van der Waals surface area contributed by atoms with E-state index in [4.69, 9.17) is 0 Å². The number of sulfone groups is 1. The van der Waals surface area contributed by atoms with Gasteiger partial charge in [-0.1, -0.05) is 48.0 Å². The van der Waals surface area contributed by atoms with Crippen molar-refractivity contribution in [1.29, 1.82) is 0 Å². The highest BCUT2D eigenvalue weighted by atomic mass is 32.2. The summed E-state index contributed by atoms with van der Waals surface area (Å²) < 4.78 is 24.8. The smallest absolute Gasteiger partial charge is 0.201 e. The van der Waals surface area contributed by atoms with E-state index in [-0.39, 0.29) is 0 Å². The second-order valence-electron chi connectivity index (χ2n) is 5.24. The number of hydrogen-bond acceptors (Lipinski definition) is 3. The van der Waals surface area contributed by atoms with Crippen molar-refractivity contribution >= 4 is 9.84 Å². The van der Waals surface area contributed by atoms with Crippen LogP contribution in [0.5, 0.6) is 0 Å². The molecule has 0 atom stereocenters. The van der Waals surface area contributed by atoms with Crippen molar-refractivity contribution in [1.82, 2.24) is 5.32 Å². The molecule has 1 N–H and O–H groups in total. The highest BCUT2D eigenvalue weighted by molar-refractivity contribution is 7.94. The first-order chi connectivity index (χ1) is 10.5. The number of benzene rings is 2. The number of nitrogens with one attached hydrogen (secondary N) is 1. The Morgan fingerprint density at radius 1 is 1.05 bits per heavy atom. The second-order valence-corrected chi connectivity index (χ2v) is 7.03. The Morgan fingerprint density at radius 3 is 2.27 bits per heavy atom. The highest BCUT2D eigenvalue weighted by Gasteiger charge is 2.12. The average Bonchev–Trinajstić information content (AvgIpc) is 2.52. The predicted molar refractivity (Wildman–Crippen MR) is 90.3 cm³/mol. The summed E-state index contributed by atoms with van der Waals surface area (Å²) in [7, 11) is -1.67. The van der Waals surface area contributed by atoms with Gasteiger partial charge in [-0.3, -0.25) is 0 Å². The second kappa shape index (κ2) is 7.27. The minimum Gasteiger partial charge on any atom is -0.391 e. The van der Waals surface area contributed by atoms with E-state index in [2.05, 4.69) is 5.32 Å². The van der Waals surface area contributed by atoms with Crippen molar-refractivity contribution in [2.45, 2.75) is 24.7 Å². The molecule has 0 aliphatic carbocycles. The molecule has 0 heterocycles. The van der Waals surface area contributed by atoms with Gasteiger partial charge in [0.15, 0.2) is 0 Å². The molecule has 2 rings (SSSR count). The molecule has 0 aromatic heterocycles. The summed E-state index contributed by atoms with van der Waals surface area (Å²) in [6.45, 7) is 1.94. The van der Waals surface area contributed by atoms with E-state index in [1.54, 1.807) is 19.2 Å². The van der Waals surface area contributed by atoms with Crippen molar-refractivity contribution in [2.75, 3.05) is 7.05 Å². The van der Waals surface area contributed by atoms with Gasteiger partial charge < -0.3 is 5.32 Å². The van der Waals surface area contributed by atoms with Crippen LogP contribution in [0.1, 0.15) is 17.5 Å². The zero-order valence-corrected chi connectivity index (χ0v) is 13.7. The fourth-order valence-electron chi connectivity index (χ4n) is 2.15. The van der Waals surface area contributed by atoms with Crippen molar-refractivity contribution in [3.63, 3.8) is 0 Å². The van der Waals surface area contributed by atoms with Crippen LogP contribution in [-0.2, 0) is 16.3 Å². The first kappa shape index (κ1) is 16.3. The van der Waals surface area contributed by atoms with E-state index in [9.17, 15) is 8.42 Å². The van der Waals surface area contributed by atoms with Gasteiger partial charge in [0, 0.05) is 12.7 Å². The van der Waals surface area contributed by atoms with Crippen LogP contribution in [0.2, 0.25) is 0 Å². The lowest BCUT2D eigenvalue weighted by molar-refractivity contribution is 0.603. The zero-order valence-electron chi connectivity index (χ0n) is 12.9. The zero-order chi connectivity index (χ0) is 16.0. The fourth-order valence-corrected chi connectivity index (χ4v) is 3.41. The molecule has 4 heteroatoms. The molecule has 116 valence electrons. The third-order valence-electron chi connectivity index (χ3n) is 3.49. The van der Waals surface area contributed by atoms with Gasteiger partial charge in [0.05, 0.1) is 10.3 Å². The van der Waals surface area contributed by atoms with Crippen LogP contribution in [0.4, 0.5) is 0 Å². The lowest BCUT2D eigenvalue weighted by Crippen LogP contribution is -2.10. The maximum absolute atomic E-state index is 12.4. The number of allylic oxidation sites excluding steroid dienone is 1. The van der Waals surface area contributed by atoms with Crippen molar-refractivity contribution in [3.05, 3.63) is 76.8 Å². The summed E-state index contributed by atoms with van der Waals surface area (Å²) in [4.78, 5) is 0.325. The molecule has 0 radical (unpaired) electrons. The molecule has 0 aliphatic rings.